The van der Waals surface area contributed by atoms with Crippen LogP contribution in [0.5, 0.6) is 0 Å². The van der Waals surface area contributed by atoms with Gasteiger partial charge in [0.05, 0.1) is 30.1 Å². The van der Waals surface area contributed by atoms with Gasteiger partial charge >= 0.3 is 0 Å². The Kier molecular flexibility index (Phi) is 3.91. The van der Waals surface area contributed by atoms with Gasteiger partial charge in [0, 0.05) is 22.4 Å². The Bertz CT molecular complexity index is 1170. The molecule has 0 amide bonds. The van der Waals surface area contributed by atoms with E-state index in [-0.39, 0.29) is 12.2 Å². The largest absolute Gasteiger partial charge is 0.343 e. The van der Waals surface area contributed by atoms with Gasteiger partial charge in [-0.2, -0.15) is 0 Å². The molecule has 0 radical (unpaired) electrons. The zero-order valence-electron chi connectivity index (χ0n) is 16.3. The Balaban J connectivity index is 1.82. The first-order chi connectivity index (χ1) is 13.5. The summed E-state index contributed by atoms with van der Waals surface area (Å²) >= 11 is 0. The van der Waals surface area contributed by atoms with Gasteiger partial charge in [0.25, 0.3) is 5.56 Å². The maximum atomic E-state index is 14.3. The van der Waals surface area contributed by atoms with Crippen LogP contribution in [0.4, 0.5) is 4.39 Å². The average Bonchev–Trinajstić information content (AvgIpc) is 3.04. The highest BCUT2D eigenvalue weighted by Gasteiger charge is 2.35. The van der Waals surface area contributed by atoms with Crippen molar-refractivity contribution in [2.45, 2.75) is 58.5 Å². The molecule has 1 unspecified atom stereocenters. The van der Waals surface area contributed by atoms with Gasteiger partial charge < -0.3 is 9.30 Å². The normalized spacial score (nSPS) is 20.3. The maximum absolute atomic E-state index is 14.3. The van der Waals surface area contributed by atoms with Crippen molar-refractivity contribution in [2.24, 2.45) is 0 Å². The number of alkyl halides is 1. The third-order valence-corrected chi connectivity index (χ3v) is 6.15. The molecule has 2 aliphatic rings. The molecule has 28 heavy (non-hydrogen) atoms. The summed E-state index contributed by atoms with van der Waals surface area (Å²) in [5.41, 5.74) is 6.25. The molecule has 0 fully saturated rings. The van der Waals surface area contributed by atoms with E-state index in [9.17, 15) is 9.18 Å². The number of ether oxygens (including phenoxy) is 1. The van der Waals surface area contributed by atoms with Crippen molar-refractivity contribution < 1.29 is 9.13 Å². The Morgan fingerprint density at radius 3 is 2.82 bits per heavy atom. The molecular weight excluding hydrogens is 355 g/mol. The zero-order valence-corrected chi connectivity index (χ0v) is 16.3. The summed E-state index contributed by atoms with van der Waals surface area (Å²) in [5.74, 6) is -0.0975. The molecule has 4 heterocycles. The van der Waals surface area contributed by atoms with Gasteiger partial charge in [0.2, 0.25) is 6.36 Å². The number of fused-ring (bicyclic) bond motifs is 5. The molecule has 0 N–H and O–H groups in total. The number of hydrogen-bond donors (Lipinski definition) is 0. The molecule has 4 nitrogen and oxygen atoms in total. The molecule has 5 heteroatoms. The second kappa shape index (κ2) is 6.24. The number of nitrogens with zero attached hydrogens (tertiary/aromatic N) is 2. The van der Waals surface area contributed by atoms with Crippen molar-refractivity contribution in [3.63, 3.8) is 0 Å². The van der Waals surface area contributed by atoms with Gasteiger partial charge in [0.15, 0.2) is 0 Å². The van der Waals surface area contributed by atoms with E-state index in [0.717, 1.165) is 33.4 Å². The zero-order chi connectivity index (χ0) is 19.6. The van der Waals surface area contributed by atoms with E-state index in [0.29, 0.717) is 24.4 Å². The van der Waals surface area contributed by atoms with Crippen molar-refractivity contribution in [3.8, 4) is 11.4 Å². The van der Waals surface area contributed by atoms with E-state index in [1.807, 2.05) is 31.2 Å². The highest BCUT2D eigenvalue weighted by atomic mass is 19.1. The van der Waals surface area contributed by atoms with Crippen molar-refractivity contribution >= 4 is 10.9 Å². The number of para-hydroxylation sites is 1. The van der Waals surface area contributed by atoms with E-state index >= 15 is 0 Å². The van der Waals surface area contributed by atoms with Crippen LogP contribution in [0.15, 0.2) is 35.1 Å². The second-order valence-electron chi connectivity index (χ2n) is 8.06. The highest BCUT2D eigenvalue weighted by Crippen LogP contribution is 2.41. The number of pyridine rings is 2. The molecule has 0 spiro atoms. The van der Waals surface area contributed by atoms with E-state index < -0.39 is 12.3 Å². The molecule has 2 aromatic heterocycles. The maximum Gasteiger partial charge on any atom is 0.257 e. The SMILES string of the molecule is CCC1c2cc3n(c(=O)c2CO[C@H]1F)Cc1c-3nc2ccccc2c1C(C)C. The molecule has 2 atom stereocenters. The van der Waals surface area contributed by atoms with E-state index in [1.54, 1.807) is 4.57 Å². The summed E-state index contributed by atoms with van der Waals surface area (Å²) in [6, 6.07) is 10.1. The second-order valence-corrected chi connectivity index (χ2v) is 8.06. The molecular formula is C23H23FN2O2. The summed E-state index contributed by atoms with van der Waals surface area (Å²) < 4.78 is 21.4. The summed E-state index contributed by atoms with van der Waals surface area (Å²) in [6.45, 7) is 6.82. The summed E-state index contributed by atoms with van der Waals surface area (Å²) in [4.78, 5) is 18.2. The molecule has 0 bridgehead atoms. The first kappa shape index (κ1) is 17.6. The predicted octanol–water partition coefficient (Wildman–Crippen LogP) is 4.87. The van der Waals surface area contributed by atoms with Crippen molar-refractivity contribution in [1.29, 1.82) is 0 Å². The lowest BCUT2D eigenvalue weighted by Gasteiger charge is -2.28. The number of halogens is 1. The van der Waals surface area contributed by atoms with Crippen LogP contribution < -0.4 is 5.56 Å². The fourth-order valence-corrected chi connectivity index (χ4v) is 4.83. The average molecular weight is 378 g/mol. The monoisotopic (exact) mass is 378 g/mol. The van der Waals surface area contributed by atoms with Crippen LogP contribution in [-0.4, -0.2) is 15.9 Å². The Labute approximate surface area is 163 Å². The molecule has 2 aliphatic heterocycles. The van der Waals surface area contributed by atoms with Crippen LogP contribution >= 0.6 is 0 Å². The van der Waals surface area contributed by atoms with Crippen LogP contribution in [-0.2, 0) is 17.9 Å². The van der Waals surface area contributed by atoms with Crippen molar-refractivity contribution in [2.75, 3.05) is 0 Å². The molecule has 0 aliphatic carbocycles. The minimum atomic E-state index is -1.36. The van der Waals surface area contributed by atoms with Crippen LogP contribution in [0.2, 0.25) is 0 Å². The van der Waals surface area contributed by atoms with Crippen LogP contribution in [0.1, 0.15) is 61.3 Å². The van der Waals surface area contributed by atoms with Gasteiger partial charge in [-0.1, -0.05) is 39.0 Å². The van der Waals surface area contributed by atoms with Crippen molar-refractivity contribution in [1.82, 2.24) is 9.55 Å². The van der Waals surface area contributed by atoms with Gasteiger partial charge in [0.1, 0.15) is 0 Å². The van der Waals surface area contributed by atoms with Gasteiger partial charge in [-0.3, -0.25) is 4.79 Å². The number of rotatable bonds is 2. The Hall–Kier alpha value is -2.53. The third kappa shape index (κ3) is 2.32. The topological polar surface area (TPSA) is 44.1 Å². The Morgan fingerprint density at radius 2 is 2.07 bits per heavy atom. The van der Waals surface area contributed by atoms with Gasteiger partial charge in [-0.15, -0.1) is 0 Å². The van der Waals surface area contributed by atoms with E-state index in [2.05, 4.69) is 19.9 Å². The number of benzene rings is 1. The van der Waals surface area contributed by atoms with Gasteiger partial charge in [-0.05, 0) is 35.6 Å². The molecule has 1 aromatic carbocycles. The van der Waals surface area contributed by atoms with Crippen LogP contribution in [0, 0.1) is 0 Å². The molecule has 0 saturated heterocycles. The third-order valence-electron chi connectivity index (χ3n) is 6.15. The fraction of sp³-hybridized carbons (Fsp3) is 0.391. The van der Waals surface area contributed by atoms with E-state index in [4.69, 9.17) is 9.72 Å². The smallest absolute Gasteiger partial charge is 0.257 e. The molecule has 144 valence electrons. The highest BCUT2D eigenvalue weighted by molar-refractivity contribution is 5.88. The lowest BCUT2D eigenvalue weighted by molar-refractivity contribution is -0.0790. The Morgan fingerprint density at radius 1 is 1.29 bits per heavy atom. The minimum absolute atomic E-state index is 0.0366. The quantitative estimate of drug-likeness (QED) is 0.500. The molecule has 3 aromatic rings. The van der Waals surface area contributed by atoms with Crippen LogP contribution in [0.25, 0.3) is 22.3 Å². The predicted molar refractivity (Wildman–Crippen MR) is 107 cm³/mol. The summed E-state index contributed by atoms with van der Waals surface area (Å²) in [5, 5.41) is 1.14. The lowest BCUT2D eigenvalue weighted by atomic mass is 9.89. The lowest BCUT2D eigenvalue weighted by Crippen LogP contribution is -2.33. The van der Waals surface area contributed by atoms with Gasteiger partial charge in [-0.25, -0.2) is 9.37 Å². The number of aromatic nitrogens is 2. The van der Waals surface area contributed by atoms with Crippen LogP contribution in [0.3, 0.4) is 0 Å². The minimum Gasteiger partial charge on any atom is -0.343 e. The van der Waals surface area contributed by atoms with Crippen molar-refractivity contribution in [3.05, 3.63) is 62.9 Å². The number of hydrogen-bond acceptors (Lipinski definition) is 3. The standard InChI is InChI=1S/C23H23FN2O2/c1-4-13-15-9-19-21-16(10-26(19)23(27)17(15)11-28-22(13)24)20(12(2)3)14-7-5-6-8-18(14)25-21/h5-9,12-13,22H,4,10-11H2,1-3H3/t13?,22-/m1/s1. The first-order valence-corrected chi connectivity index (χ1v) is 9.95. The molecule has 5 rings (SSSR count). The first-order valence-electron chi connectivity index (χ1n) is 9.95. The van der Waals surface area contributed by atoms with E-state index in [1.165, 1.54) is 5.56 Å². The summed E-state index contributed by atoms with van der Waals surface area (Å²) in [7, 11) is 0. The molecule has 0 saturated carbocycles. The fourth-order valence-electron chi connectivity index (χ4n) is 4.83. The summed E-state index contributed by atoms with van der Waals surface area (Å²) in [6.07, 6.45) is -0.775.